The van der Waals surface area contributed by atoms with Crippen molar-refractivity contribution in [1.82, 2.24) is 10.2 Å². The molecule has 7 nitrogen and oxygen atoms in total. The summed E-state index contributed by atoms with van der Waals surface area (Å²) in [6.45, 7) is 1.06. The van der Waals surface area contributed by atoms with Crippen LogP contribution in [0.2, 0.25) is 10.0 Å². The lowest BCUT2D eigenvalue weighted by Crippen LogP contribution is -2.51. The average Bonchev–Trinajstić information content (AvgIpc) is 2.87. The van der Waals surface area contributed by atoms with Crippen LogP contribution in [0, 0.1) is 5.82 Å². The Hall–Kier alpha value is -3.14. The molecule has 0 saturated heterocycles. The summed E-state index contributed by atoms with van der Waals surface area (Å²) in [6, 6.07) is 16.5. The smallest absolute Gasteiger partial charge is 0.264 e. The van der Waals surface area contributed by atoms with Crippen LogP contribution in [0.25, 0.3) is 0 Å². The van der Waals surface area contributed by atoms with Crippen molar-refractivity contribution in [2.24, 2.45) is 0 Å². The number of hydrogen-bond acceptors (Lipinski definition) is 4. The fourth-order valence-corrected chi connectivity index (χ4v) is 5.74. The predicted molar refractivity (Wildman–Crippen MR) is 143 cm³/mol. The quantitative estimate of drug-likeness (QED) is 0.379. The van der Waals surface area contributed by atoms with Crippen molar-refractivity contribution in [2.75, 3.05) is 17.9 Å². The topological polar surface area (TPSA) is 86.8 Å². The number of carbonyl (C=O) groups is 2. The molecule has 0 unspecified atom stereocenters. The maximum Gasteiger partial charge on any atom is 0.264 e. The van der Waals surface area contributed by atoms with Crippen molar-refractivity contribution in [3.63, 3.8) is 0 Å². The van der Waals surface area contributed by atoms with E-state index in [0.29, 0.717) is 5.56 Å². The Morgan fingerprint density at radius 2 is 1.57 bits per heavy atom. The van der Waals surface area contributed by atoms with Gasteiger partial charge in [-0.3, -0.25) is 13.9 Å². The van der Waals surface area contributed by atoms with E-state index in [1.54, 1.807) is 25.1 Å². The molecule has 0 saturated carbocycles. The van der Waals surface area contributed by atoms with Gasteiger partial charge in [0.2, 0.25) is 11.8 Å². The van der Waals surface area contributed by atoms with Gasteiger partial charge < -0.3 is 10.2 Å². The molecule has 0 fully saturated rings. The van der Waals surface area contributed by atoms with Crippen molar-refractivity contribution in [1.29, 1.82) is 0 Å². The molecule has 0 aromatic heterocycles. The summed E-state index contributed by atoms with van der Waals surface area (Å²) in [6.07, 6.45) is 0.265. The Morgan fingerprint density at radius 3 is 2.11 bits per heavy atom. The highest BCUT2D eigenvalue weighted by Crippen LogP contribution is 2.30. The second-order valence-corrected chi connectivity index (χ2v) is 10.9. The molecule has 0 aliphatic heterocycles. The fraction of sp³-hybridized carbons (Fsp3) is 0.231. The zero-order valence-corrected chi connectivity index (χ0v) is 22.5. The Bertz CT molecular complexity index is 1340. The molecule has 0 aliphatic rings. The normalized spacial score (nSPS) is 12.0. The van der Waals surface area contributed by atoms with Crippen LogP contribution in [0.5, 0.6) is 0 Å². The van der Waals surface area contributed by atoms with E-state index in [1.807, 2.05) is 0 Å². The van der Waals surface area contributed by atoms with E-state index in [0.717, 1.165) is 4.31 Å². The molecular weight excluding hydrogens is 540 g/mol. The van der Waals surface area contributed by atoms with Crippen LogP contribution in [0.15, 0.2) is 77.7 Å². The van der Waals surface area contributed by atoms with Gasteiger partial charge in [-0.2, -0.15) is 0 Å². The second-order valence-electron chi connectivity index (χ2n) is 8.14. The molecular formula is C26H26Cl2FN3O4S. The predicted octanol–water partition coefficient (Wildman–Crippen LogP) is 4.88. The lowest BCUT2D eigenvalue weighted by atomic mass is 10.1. The highest BCUT2D eigenvalue weighted by Gasteiger charge is 2.33. The molecule has 3 aromatic rings. The van der Waals surface area contributed by atoms with E-state index in [2.05, 4.69) is 5.32 Å². The summed E-state index contributed by atoms with van der Waals surface area (Å²) >= 11 is 12.3. The number of sulfonamides is 1. The molecule has 0 bridgehead atoms. The number of anilines is 1. The first-order valence-electron chi connectivity index (χ1n) is 11.4. The van der Waals surface area contributed by atoms with Crippen molar-refractivity contribution >= 4 is 50.7 Å². The standard InChI is InChI=1S/C26H26Cl2FN3O4S/c1-3-24(26(34)30-2)31(16-18-9-11-21(29)12-10-18)25(33)17-32(22-14-19(27)13-20(28)15-22)37(35,36)23-7-5-4-6-8-23/h4-15,24H,3,16-17H2,1-2H3,(H,30,34)/t24-/m1/s1. The molecule has 0 spiro atoms. The van der Waals surface area contributed by atoms with Crippen LogP contribution in [0.1, 0.15) is 18.9 Å². The van der Waals surface area contributed by atoms with Crippen LogP contribution in [-0.2, 0) is 26.2 Å². The zero-order valence-electron chi connectivity index (χ0n) is 20.2. The number of halogens is 3. The maximum absolute atomic E-state index is 13.8. The Labute approximate surface area is 225 Å². The number of nitrogens with one attached hydrogen (secondary N) is 1. The minimum absolute atomic E-state index is 0.0395. The molecule has 3 rings (SSSR count). The number of benzene rings is 3. The van der Waals surface area contributed by atoms with Crippen LogP contribution in [-0.4, -0.2) is 44.8 Å². The summed E-state index contributed by atoms with van der Waals surface area (Å²) < 4.78 is 41.8. The number of hydrogen-bond donors (Lipinski definition) is 1. The molecule has 1 N–H and O–H groups in total. The number of rotatable bonds is 10. The SMILES string of the molecule is CC[C@H](C(=O)NC)N(Cc1ccc(F)cc1)C(=O)CN(c1cc(Cl)cc(Cl)c1)S(=O)(=O)c1ccccc1. The van der Waals surface area contributed by atoms with Crippen molar-refractivity contribution < 1.29 is 22.4 Å². The minimum atomic E-state index is -4.23. The van der Waals surface area contributed by atoms with Crippen LogP contribution in [0.3, 0.4) is 0 Å². The van der Waals surface area contributed by atoms with E-state index in [4.69, 9.17) is 23.2 Å². The van der Waals surface area contributed by atoms with Gasteiger partial charge in [0.15, 0.2) is 0 Å². The van der Waals surface area contributed by atoms with Crippen molar-refractivity contribution in [3.05, 3.63) is 94.2 Å². The lowest BCUT2D eigenvalue weighted by Gasteiger charge is -2.33. The molecule has 0 aliphatic carbocycles. The third kappa shape index (κ3) is 7.00. The van der Waals surface area contributed by atoms with Gasteiger partial charge in [0.1, 0.15) is 18.4 Å². The molecule has 3 aromatic carbocycles. The lowest BCUT2D eigenvalue weighted by molar-refractivity contribution is -0.140. The average molecular weight is 566 g/mol. The van der Waals surface area contributed by atoms with Gasteiger partial charge >= 0.3 is 0 Å². The maximum atomic E-state index is 13.8. The summed E-state index contributed by atoms with van der Waals surface area (Å²) in [5.41, 5.74) is 0.657. The molecule has 2 amide bonds. The van der Waals surface area contributed by atoms with E-state index in [-0.39, 0.29) is 33.6 Å². The minimum Gasteiger partial charge on any atom is -0.357 e. The van der Waals surface area contributed by atoms with Crippen molar-refractivity contribution in [2.45, 2.75) is 30.8 Å². The first-order valence-corrected chi connectivity index (χ1v) is 13.6. The molecule has 0 heterocycles. The largest absolute Gasteiger partial charge is 0.357 e. The highest BCUT2D eigenvalue weighted by molar-refractivity contribution is 7.92. The van der Waals surface area contributed by atoms with Gasteiger partial charge in [-0.15, -0.1) is 0 Å². The molecule has 1 atom stereocenters. The van der Waals surface area contributed by atoms with Gasteiger partial charge in [0, 0.05) is 23.6 Å². The highest BCUT2D eigenvalue weighted by atomic mass is 35.5. The summed E-state index contributed by atoms with van der Waals surface area (Å²) in [5, 5.41) is 2.91. The summed E-state index contributed by atoms with van der Waals surface area (Å²) in [7, 11) is -2.78. The van der Waals surface area contributed by atoms with E-state index < -0.39 is 40.2 Å². The van der Waals surface area contributed by atoms with Crippen LogP contribution >= 0.6 is 23.2 Å². The van der Waals surface area contributed by atoms with Crippen LogP contribution in [0.4, 0.5) is 10.1 Å². The monoisotopic (exact) mass is 565 g/mol. The number of carbonyl (C=O) groups excluding carboxylic acids is 2. The summed E-state index contributed by atoms with van der Waals surface area (Å²) in [5.74, 6) is -1.51. The Balaban J connectivity index is 2.07. The number of amides is 2. The molecule has 0 radical (unpaired) electrons. The first-order chi connectivity index (χ1) is 17.6. The molecule has 196 valence electrons. The molecule has 11 heteroatoms. The van der Waals surface area contributed by atoms with Gasteiger partial charge in [0.05, 0.1) is 10.6 Å². The number of likely N-dealkylation sites (N-methyl/N-ethyl adjacent to an activating group) is 1. The van der Waals surface area contributed by atoms with Gasteiger partial charge in [-0.05, 0) is 54.4 Å². The third-order valence-corrected chi connectivity index (χ3v) is 7.87. The van der Waals surface area contributed by atoms with Gasteiger partial charge in [0.25, 0.3) is 10.0 Å². The fourth-order valence-electron chi connectivity index (χ4n) is 3.80. The molecule has 37 heavy (non-hydrogen) atoms. The Kier molecular flexibility index (Phi) is 9.53. The van der Waals surface area contributed by atoms with Gasteiger partial charge in [-0.25, -0.2) is 12.8 Å². The second kappa shape index (κ2) is 12.4. The van der Waals surface area contributed by atoms with Crippen molar-refractivity contribution in [3.8, 4) is 0 Å². The van der Waals surface area contributed by atoms with E-state index in [1.165, 1.54) is 66.5 Å². The summed E-state index contributed by atoms with van der Waals surface area (Å²) in [4.78, 5) is 27.7. The zero-order chi connectivity index (χ0) is 27.2. The van der Waals surface area contributed by atoms with E-state index >= 15 is 0 Å². The van der Waals surface area contributed by atoms with Crippen LogP contribution < -0.4 is 9.62 Å². The van der Waals surface area contributed by atoms with E-state index in [9.17, 15) is 22.4 Å². The third-order valence-electron chi connectivity index (χ3n) is 5.64. The Morgan fingerprint density at radius 1 is 0.973 bits per heavy atom. The first kappa shape index (κ1) is 28.4. The number of nitrogens with zero attached hydrogens (tertiary/aromatic N) is 2. The van der Waals surface area contributed by atoms with Gasteiger partial charge in [-0.1, -0.05) is 60.5 Å².